The fourth-order valence-corrected chi connectivity index (χ4v) is 4.39. The standard InChI is InChI=1S/C16H25N5O3/c1-23-8-15(22)20-6-14-7-24-3-2-21(14)16(11-20)9-19(10-16)5-13-4-17-12-18-13/h4,12,14H,2-3,5-11H2,1H3,(H,17,18). The van der Waals surface area contributed by atoms with E-state index in [4.69, 9.17) is 9.47 Å². The molecule has 1 aromatic heterocycles. The highest BCUT2D eigenvalue weighted by Crippen LogP contribution is 2.36. The number of nitrogens with zero attached hydrogens (tertiary/aromatic N) is 4. The van der Waals surface area contributed by atoms with E-state index in [1.165, 1.54) is 0 Å². The molecule has 3 aliphatic heterocycles. The second-order valence-electron chi connectivity index (χ2n) is 7.08. The number of carbonyl (C=O) groups excluding carboxylic acids is 1. The predicted molar refractivity (Wildman–Crippen MR) is 86.4 cm³/mol. The van der Waals surface area contributed by atoms with Gasteiger partial charge in [0.05, 0.1) is 31.1 Å². The first-order valence-electron chi connectivity index (χ1n) is 8.51. The Morgan fingerprint density at radius 3 is 3.12 bits per heavy atom. The molecule has 0 aliphatic carbocycles. The van der Waals surface area contributed by atoms with Gasteiger partial charge < -0.3 is 19.4 Å². The first-order chi connectivity index (χ1) is 11.7. The Balaban J connectivity index is 1.46. The van der Waals surface area contributed by atoms with Crippen molar-refractivity contribution >= 4 is 5.91 Å². The highest BCUT2D eigenvalue weighted by Gasteiger charge is 2.54. The number of fused-ring (bicyclic) bond motifs is 2. The summed E-state index contributed by atoms with van der Waals surface area (Å²) in [7, 11) is 1.57. The van der Waals surface area contributed by atoms with Crippen LogP contribution in [0.5, 0.6) is 0 Å². The molecule has 24 heavy (non-hydrogen) atoms. The lowest BCUT2D eigenvalue weighted by atomic mass is 9.82. The number of H-pyrrole nitrogens is 1. The van der Waals surface area contributed by atoms with Crippen molar-refractivity contribution in [2.45, 2.75) is 18.1 Å². The van der Waals surface area contributed by atoms with Gasteiger partial charge in [0, 0.05) is 58.3 Å². The van der Waals surface area contributed by atoms with Crippen molar-refractivity contribution in [1.29, 1.82) is 0 Å². The van der Waals surface area contributed by atoms with Crippen LogP contribution in [0.1, 0.15) is 5.69 Å². The molecule has 1 spiro atoms. The Labute approximate surface area is 141 Å². The molecule has 4 rings (SSSR count). The van der Waals surface area contributed by atoms with E-state index < -0.39 is 0 Å². The molecular weight excluding hydrogens is 310 g/mol. The minimum atomic E-state index is 0.0517. The summed E-state index contributed by atoms with van der Waals surface area (Å²) in [5.74, 6) is 0.0779. The highest BCUT2D eigenvalue weighted by molar-refractivity contribution is 5.77. The van der Waals surface area contributed by atoms with E-state index in [1.807, 2.05) is 11.1 Å². The fourth-order valence-electron chi connectivity index (χ4n) is 4.39. The molecule has 1 unspecified atom stereocenters. The molecule has 1 aromatic rings. The van der Waals surface area contributed by atoms with Gasteiger partial charge in [-0.25, -0.2) is 4.98 Å². The number of ether oxygens (including phenoxy) is 2. The van der Waals surface area contributed by atoms with Crippen molar-refractivity contribution in [3.05, 3.63) is 18.2 Å². The molecule has 0 aromatic carbocycles. The van der Waals surface area contributed by atoms with Crippen molar-refractivity contribution in [1.82, 2.24) is 24.7 Å². The first-order valence-corrected chi connectivity index (χ1v) is 8.51. The lowest BCUT2D eigenvalue weighted by Crippen LogP contribution is -2.80. The summed E-state index contributed by atoms with van der Waals surface area (Å²) in [6.07, 6.45) is 3.59. The minimum absolute atomic E-state index is 0.0517. The Bertz CT molecular complexity index is 572. The van der Waals surface area contributed by atoms with Crippen LogP contribution in [0.15, 0.2) is 12.5 Å². The topological polar surface area (TPSA) is 73.9 Å². The van der Waals surface area contributed by atoms with Crippen molar-refractivity contribution in [2.24, 2.45) is 0 Å². The largest absolute Gasteiger partial charge is 0.378 e. The van der Waals surface area contributed by atoms with E-state index in [2.05, 4.69) is 19.8 Å². The van der Waals surface area contributed by atoms with Crippen LogP contribution in [0.2, 0.25) is 0 Å². The van der Waals surface area contributed by atoms with Crippen LogP contribution < -0.4 is 0 Å². The van der Waals surface area contributed by atoms with Gasteiger partial charge in [0.2, 0.25) is 5.91 Å². The smallest absolute Gasteiger partial charge is 0.248 e. The lowest BCUT2D eigenvalue weighted by Gasteiger charge is -2.63. The summed E-state index contributed by atoms with van der Waals surface area (Å²) in [5.41, 5.74) is 1.18. The second kappa shape index (κ2) is 6.44. The number of likely N-dealkylation sites (tertiary alicyclic amines) is 1. The molecule has 8 heteroatoms. The van der Waals surface area contributed by atoms with Gasteiger partial charge in [0.1, 0.15) is 6.61 Å². The molecule has 3 aliphatic rings. The SMILES string of the molecule is COCC(=O)N1CC2COCCN2C2(CN(Cc3cnc[nH]3)C2)C1. The average Bonchev–Trinajstić information content (AvgIpc) is 3.06. The van der Waals surface area contributed by atoms with Crippen LogP contribution in [-0.4, -0.2) is 102 Å². The van der Waals surface area contributed by atoms with Crippen LogP contribution in [0, 0.1) is 0 Å². The van der Waals surface area contributed by atoms with Crippen LogP contribution in [0.25, 0.3) is 0 Å². The van der Waals surface area contributed by atoms with Gasteiger partial charge in [-0.2, -0.15) is 0 Å². The molecule has 1 amide bonds. The van der Waals surface area contributed by atoms with Gasteiger partial charge in [-0.15, -0.1) is 0 Å². The van der Waals surface area contributed by atoms with Crippen molar-refractivity contribution in [3.8, 4) is 0 Å². The van der Waals surface area contributed by atoms with Crippen LogP contribution >= 0.6 is 0 Å². The number of hydrogen-bond donors (Lipinski definition) is 1. The van der Waals surface area contributed by atoms with Crippen molar-refractivity contribution in [3.63, 3.8) is 0 Å². The first kappa shape index (κ1) is 16.0. The summed E-state index contributed by atoms with van der Waals surface area (Å²) >= 11 is 0. The number of piperazine rings is 1. The Hall–Kier alpha value is -1.48. The number of nitrogens with one attached hydrogen (secondary N) is 1. The van der Waals surface area contributed by atoms with Gasteiger partial charge >= 0.3 is 0 Å². The molecule has 132 valence electrons. The van der Waals surface area contributed by atoms with Gasteiger partial charge in [0.15, 0.2) is 0 Å². The van der Waals surface area contributed by atoms with E-state index in [9.17, 15) is 4.79 Å². The Morgan fingerprint density at radius 1 is 1.50 bits per heavy atom. The van der Waals surface area contributed by atoms with Crippen LogP contribution in [0.3, 0.4) is 0 Å². The summed E-state index contributed by atoms with van der Waals surface area (Å²) in [6, 6.07) is 0.294. The third kappa shape index (κ3) is 2.83. The molecule has 0 saturated carbocycles. The maximum absolute atomic E-state index is 12.4. The molecule has 4 heterocycles. The molecule has 8 nitrogen and oxygen atoms in total. The van der Waals surface area contributed by atoms with Gasteiger partial charge in [-0.1, -0.05) is 0 Å². The van der Waals surface area contributed by atoms with Crippen molar-refractivity contribution < 1.29 is 14.3 Å². The molecule has 3 saturated heterocycles. The summed E-state index contributed by atoms with van der Waals surface area (Å²) in [5, 5.41) is 0. The third-order valence-electron chi connectivity index (χ3n) is 5.36. The quantitative estimate of drug-likeness (QED) is 0.773. The molecule has 1 atom stereocenters. The maximum atomic E-state index is 12.4. The number of rotatable bonds is 4. The summed E-state index contributed by atoms with van der Waals surface area (Å²) in [6.45, 7) is 6.94. The zero-order chi connectivity index (χ0) is 16.6. The number of imidazole rings is 1. The second-order valence-corrected chi connectivity index (χ2v) is 7.08. The number of aromatic nitrogens is 2. The van der Waals surface area contributed by atoms with E-state index in [-0.39, 0.29) is 18.1 Å². The van der Waals surface area contributed by atoms with Gasteiger partial charge in [-0.3, -0.25) is 14.6 Å². The molecular formula is C16H25N5O3. The average molecular weight is 335 g/mol. The van der Waals surface area contributed by atoms with Crippen LogP contribution in [-0.2, 0) is 20.8 Å². The maximum Gasteiger partial charge on any atom is 0.248 e. The van der Waals surface area contributed by atoms with E-state index in [1.54, 1.807) is 13.4 Å². The van der Waals surface area contributed by atoms with E-state index in [0.29, 0.717) is 12.6 Å². The minimum Gasteiger partial charge on any atom is -0.378 e. The number of amides is 1. The highest BCUT2D eigenvalue weighted by atomic mass is 16.5. The Morgan fingerprint density at radius 2 is 2.38 bits per heavy atom. The molecule has 3 fully saturated rings. The Kier molecular flexibility index (Phi) is 4.29. The third-order valence-corrected chi connectivity index (χ3v) is 5.36. The van der Waals surface area contributed by atoms with Crippen LogP contribution in [0.4, 0.5) is 0 Å². The number of methoxy groups -OCH3 is 1. The molecule has 1 N–H and O–H groups in total. The zero-order valence-corrected chi connectivity index (χ0v) is 14.1. The monoisotopic (exact) mass is 335 g/mol. The normalized spacial score (nSPS) is 27.0. The number of morpholine rings is 1. The number of carbonyl (C=O) groups is 1. The fraction of sp³-hybridized carbons (Fsp3) is 0.750. The number of hydrogen-bond acceptors (Lipinski definition) is 6. The van der Waals surface area contributed by atoms with E-state index >= 15 is 0 Å². The zero-order valence-electron chi connectivity index (χ0n) is 14.1. The van der Waals surface area contributed by atoms with E-state index in [0.717, 1.165) is 51.6 Å². The molecule has 0 bridgehead atoms. The van der Waals surface area contributed by atoms with Gasteiger partial charge in [0.25, 0.3) is 0 Å². The van der Waals surface area contributed by atoms with Crippen molar-refractivity contribution in [2.75, 3.05) is 59.7 Å². The predicted octanol–water partition coefficient (Wildman–Crippen LogP) is -0.846. The lowest BCUT2D eigenvalue weighted by molar-refractivity contribution is -0.177. The number of aromatic amines is 1. The summed E-state index contributed by atoms with van der Waals surface area (Å²) < 4.78 is 10.7. The van der Waals surface area contributed by atoms with Gasteiger partial charge in [-0.05, 0) is 0 Å². The molecule has 0 radical (unpaired) electrons. The summed E-state index contributed by atoms with van der Waals surface area (Å²) in [4.78, 5) is 26.5.